The summed E-state index contributed by atoms with van der Waals surface area (Å²) in [5.74, 6) is 1.99. The second-order valence-electron chi connectivity index (χ2n) is 7.97. The van der Waals surface area contributed by atoms with Crippen molar-refractivity contribution < 1.29 is 5.11 Å². The van der Waals surface area contributed by atoms with Crippen LogP contribution in [0.15, 0.2) is 0 Å². The van der Waals surface area contributed by atoms with E-state index in [1.807, 2.05) is 0 Å². The van der Waals surface area contributed by atoms with Gasteiger partial charge in [-0.05, 0) is 60.7 Å². The molecule has 3 rings (SSSR count). The monoisotopic (exact) mass is 222 g/mol. The van der Waals surface area contributed by atoms with E-state index in [0.29, 0.717) is 22.7 Å². The SMILES string of the molecule is C[C@H]1CC[C@@H]2[C@@]3(C)C[C@H]3CC(C)(C)C[C@@]21O. The second kappa shape index (κ2) is 2.85. The summed E-state index contributed by atoms with van der Waals surface area (Å²) in [5, 5.41) is 11.2. The molecule has 0 unspecified atom stereocenters. The van der Waals surface area contributed by atoms with Crippen molar-refractivity contribution in [3.63, 3.8) is 0 Å². The molecule has 16 heavy (non-hydrogen) atoms. The molecule has 92 valence electrons. The van der Waals surface area contributed by atoms with Crippen molar-refractivity contribution in [1.82, 2.24) is 0 Å². The molecule has 3 aliphatic carbocycles. The van der Waals surface area contributed by atoms with Gasteiger partial charge in [-0.3, -0.25) is 0 Å². The van der Waals surface area contributed by atoms with Gasteiger partial charge in [-0.1, -0.05) is 27.7 Å². The lowest BCUT2D eigenvalue weighted by Gasteiger charge is -2.40. The van der Waals surface area contributed by atoms with Crippen LogP contribution >= 0.6 is 0 Å². The van der Waals surface area contributed by atoms with Gasteiger partial charge in [0.2, 0.25) is 0 Å². The van der Waals surface area contributed by atoms with Crippen LogP contribution in [0.1, 0.15) is 59.8 Å². The van der Waals surface area contributed by atoms with Crippen molar-refractivity contribution in [2.24, 2.45) is 28.6 Å². The second-order valence-corrected chi connectivity index (χ2v) is 7.97. The minimum Gasteiger partial charge on any atom is -0.389 e. The Morgan fingerprint density at radius 3 is 2.44 bits per heavy atom. The first kappa shape index (κ1) is 11.1. The standard InChI is InChI=1S/C15H26O/c1-10-5-6-12-14(4)8-11(14)7-13(2,3)9-15(10,12)16/h10-12,16H,5-9H2,1-4H3/t10-,11+,12+,14-,15-/m0/s1. The molecule has 1 N–H and O–H groups in total. The summed E-state index contributed by atoms with van der Waals surface area (Å²) in [6, 6.07) is 0. The Balaban J connectivity index is 2.01. The lowest BCUT2D eigenvalue weighted by molar-refractivity contribution is -0.0747. The molecule has 3 saturated carbocycles. The van der Waals surface area contributed by atoms with Gasteiger partial charge in [-0.2, -0.15) is 0 Å². The molecule has 0 saturated heterocycles. The van der Waals surface area contributed by atoms with E-state index < -0.39 is 0 Å². The van der Waals surface area contributed by atoms with Crippen LogP contribution < -0.4 is 0 Å². The van der Waals surface area contributed by atoms with Gasteiger partial charge in [-0.15, -0.1) is 0 Å². The smallest absolute Gasteiger partial charge is 0.0711 e. The first-order valence-electron chi connectivity index (χ1n) is 7.00. The highest BCUT2D eigenvalue weighted by Crippen LogP contribution is 2.71. The molecule has 0 spiro atoms. The highest BCUT2D eigenvalue weighted by molar-refractivity contribution is 5.16. The summed E-state index contributed by atoms with van der Waals surface area (Å²) in [6.07, 6.45) is 6.23. The average Bonchev–Trinajstić information content (AvgIpc) is 2.64. The minimum absolute atomic E-state index is 0.338. The van der Waals surface area contributed by atoms with E-state index in [4.69, 9.17) is 0 Å². The topological polar surface area (TPSA) is 20.2 Å². The van der Waals surface area contributed by atoms with E-state index in [-0.39, 0.29) is 5.60 Å². The van der Waals surface area contributed by atoms with Crippen molar-refractivity contribution in [2.45, 2.75) is 65.4 Å². The van der Waals surface area contributed by atoms with E-state index in [2.05, 4.69) is 27.7 Å². The van der Waals surface area contributed by atoms with Gasteiger partial charge in [-0.25, -0.2) is 0 Å². The number of aliphatic hydroxyl groups is 1. The summed E-state index contributed by atoms with van der Waals surface area (Å²) in [6.45, 7) is 9.42. The molecule has 1 nitrogen and oxygen atoms in total. The quantitative estimate of drug-likeness (QED) is 0.664. The van der Waals surface area contributed by atoms with Crippen LogP contribution in [0.3, 0.4) is 0 Å². The molecule has 0 aliphatic heterocycles. The summed E-state index contributed by atoms with van der Waals surface area (Å²) in [7, 11) is 0. The third-order valence-electron chi connectivity index (χ3n) is 6.16. The molecule has 0 heterocycles. The predicted octanol–water partition coefficient (Wildman–Crippen LogP) is 3.61. The highest BCUT2D eigenvalue weighted by atomic mass is 16.3. The Morgan fingerprint density at radius 2 is 1.75 bits per heavy atom. The Bertz CT molecular complexity index is 321. The molecule has 0 bridgehead atoms. The van der Waals surface area contributed by atoms with Crippen molar-refractivity contribution >= 4 is 0 Å². The Hall–Kier alpha value is -0.0400. The zero-order valence-electron chi connectivity index (χ0n) is 11.2. The van der Waals surface area contributed by atoms with Crippen LogP contribution in [-0.4, -0.2) is 10.7 Å². The summed E-state index contributed by atoms with van der Waals surface area (Å²) < 4.78 is 0. The molecular formula is C15H26O. The fourth-order valence-corrected chi connectivity index (χ4v) is 5.17. The third-order valence-corrected chi connectivity index (χ3v) is 6.16. The van der Waals surface area contributed by atoms with Gasteiger partial charge >= 0.3 is 0 Å². The predicted molar refractivity (Wildman–Crippen MR) is 66.1 cm³/mol. The zero-order valence-corrected chi connectivity index (χ0v) is 11.2. The van der Waals surface area contributed by atoms with Crippen LogP contribution in [0.2, 0.25) is 0 Å². The first-order chi connectivity index (χ1) is 7.28. The van der Waals surface area contributed by atoms with Crippen LogP contribution in [0.4, 0.5) is 0 Å². The molecule has 0 aromatic heterocycles. The summed E-state index contributed by atoms with van der Waals surface area (Å²) in [4.78, 5) is 0. The largest absolute Gasteiger partial charge is 0.389 e. The van der Waals surface area contributed by atoms with Gasteiger partial charge in [0, 0.05) is 0 Å². The molecule has 0 amide bonds. The lowest BCUT2D eigenvalue weighted by Crippen LogP contribution is -2.44. The van der Waals surface area contributed by atoms with Crippen molar-refractivity contribution in [3.8, 4) is 0 Å². The van der Waals surface area contributed by atoms with Crippen LogP contribution in [0, 0.1) is 28.6 Å². The van der Waals surface area contributed by atoms with E-state index in [0.717, 1.165) is 12.3 Å². The molecular weight excluding hydrogens is 196 g/mol. The number of rotatable bonds is 0. The summed E-state index contributed by atoms with van der Waals surface area (Å²) >= 11 is 0. The number of fused-ring (bicyclic) bond motifs is 3. The van der Waals surface area contributed by atoms with Gasteiger partial charge in [0.15, 0.2) is 0 Å². The summed E-state index contributed by atoms with van der Waals surface area (Å²) in [5.41, 5.74) is 0.460. The molecule has 1 heteroatoms. The van der Waals surface area contributed by atoms with Gasteiger partial charge in [0.1, 0.15) is 0 Å². The van der Waals surface area contributed by atoms with E-state index in [1.165, 1.54) is 25.7 Å². The maximum absolute atomic E-state index is 11.2. The molecule has 5 atom stereocenters. The fourth-order valence-electron chi connectivity index (χ4n) is 5.17. The first-order valence-corrected chi connectivity index (χ1v) is 7.00. The molecule has 3 aliphatic rings. The van der Waals surface area contributed by atoms with Crippen molar-refractivity contribution in [2.75, 3.05) is 0 Å². The highest BCUT2D eigenvalue weighted by Gasteiger charge is 2.67. The van der Waals surface area contributed by atoms with Gasteiger partial charge in [0.25, 0.3) is 0 Å². The Morgan fingerprint density at radius 1 is 1.06 bits per heavy atom. The maximum atomic E-state index is 11.2. The molecule has 0 aromatic rings. The van der Waals surface area contributed by atoms with Crippen LogP contribution in [0.5, 0.6) is 0 Å². The van der Waals surface area contributed by atoms with Crippen LogP contribution in [-0.2, 0) is 0 Å². The van der Waals surface area contributed by atoms with Crippen LogP contribution in [0.25, 0.3) is 0 Å². The van der Waals surface area contributed by atoms with E-state index in [9.17, 15) is 5.11 Å². The zero-order chi connectivity index (χ0) is 11.8. The van der Waals surface area contributed by atoms with Crippen molar-refractivity contribution in [3.05, 3.63) is 0 Å². The number of hydrogen-bond acceptors (Lipinski definition) is 1. The normalized spacial score (nSPS) is 58.7. The number of hydrogen-bond donors (Lipinski definition) is 1. The maximum Gasteiger partial charge on any atom is 0.0711 e. The molecule has 3 fully saturated rings. The van der Waals surface area contributed by atoms with Gasteiger partial charge < -0.3 is 5.11 Å². The average molecular weight is 222 g/mol. The fraction of sp³-hybridized carbons (Fsp3) is 1.00. The molecule has 0 radical (unpaired) electrons. The van der Waals surface area contributed by atoms with E-state index in [1.54, 1.807) is 0 Å². The van der Waals surface area contributed by atoms with Gasteiger partial charge in [0.05, 0.1) is 5.60 Å². The lowest BCUT2D eigenvalue weighted by atomic mass is 9.70. The minimum atomic E-state index is -0.358. The Kier molecular flexibility index (Phi) is 1.98. The molecule has 0 aromatic carbocycles. The third kappa shape index (κ3) is 1.27. The van der Waals surface area contributed by atoms with E-state index >= 15 is 0 Å². The van der Waals surface area contributed by atoms with Crippen molar-refractivity contribution in [1.29, 1.82) is 0 Å². The Labute approximate surface area is 99.6 Å².